The van der Waals surface area contributed by atoms with Gasteiger partial charge in [0.2, 0.25) is 0 Å². The standard InChI is InChI=1S/2C13H17N5O5.CH4/c2*1-4-16-10(14)7-5(11(15)22)2-18(12(7)17-4)13-9(21)8(20)6(3-19)23-13;/h2*2,6,8-9,13,19-21H,3H2,1H3,(H2,15,22)(H2,14,16,17);1H4/t6-,8-,9-,13-;;/m1../s1/i2*13D;. The number of hydrogen-bond acceptors (Lipinski definition) is 16. The minimum absolute atomic E-state index is 0. The fraction of sp³-hybridized carbons (Fsp3) is 0.481. The van der Waals surface area contributed by atoms with E-state index in [1.54, 1.807) is 13.8 Å². The number of aryl methyl sites for hydroxylation is 2. The molecule has 256 valence electrons. The molecule has 6 heterocycles. The van der Waals surface area contributed by atoms with Gasteiger partial charge in [0.1, 0.15) is 71.2 Å². The molecule has 14 N–H and O–H groups in total. The molecule has 2 aliphatic rings. The molecule has 0 saturated carbocycles. The Labute approximate surface area is 269 Å². The van der Waals surface area contributed by atoms with E-state index in [1.807, 2.05) is 0 Å². The summed E-state index contributed by atoms with van der Waals surface area (Å²) in [5.41, 5.74) is 22.4. The maximum absolute atomic E-state index is 11.7. The lowest BCUT2D eigenvalue weighted by Gasteiger charge is -2.17. The Morgan fingerprint density at radius 3 is 1.36 bits per heavy atom. The van der Waals surface area contributed by atoms with E-state index in [0.717, 1.165) is 9.13 Å². The second-order valence-electron chi connectivity index (χ2n) is 10.5. The van der Waals surface area contributed by atoms with Crippen molar-refractivity contribution in [3.63, 3.8) is 0 Å². The number of hydrogen-bond donors (Lipinski definition) is 10. The normalized spacial score (nSPS) is 30.8. The highest BCUT2D eigenvalue weighted by Gasteiger charge is 2.45. The van der Waals surface area contributed by atoms with Crippen LogP contribution in [0.2, 0.25) is 0 Å². The summed E-state index contributed by atoms with van der Waals surface area (Å²) in [5, 5.41) is 59.0. The Bertz CT molecular complexity index is 1790. The maximum atomic E-state index is 11.7. The average molecular weight is 665 g/mol. The summed E-state index contributed by atoms with van der Waals surface area (Å²) in [7, 11) is 0. The molecule has 0 aliphatic carbocycles. The Kier molecular flexibility index (Phi) is 9.16. The molecule has 47 heavy (non-hydrogen) atoms. The van der Waals surface area contributed by atoms with Gasteiger partial charge in [0.05, 0.1) is 37.9 Å². The molecule has 2 saturated heterocycles. The molecule has 2 fully saturated rings. The second-order valence-corrected chi connectivity index (χ2v) is 10.5. The topological polar surface area (TPSA) is 339 Å². The first-order valence-electron chi connectivity index (χ1n) is 14.6. The van der Waals surface area contributed by atoms with Crippen LogP contribution in [0.25, 0.3) is 22.1 Å². The molecule has 2 aliphatic heterocycles. The summed E-state index contributed by atoms with van der Waals surface area (Å²) < 4.78 is 29.6. The molecule has 0 spiro atoms. The summed E-state index contributed by atoms with van der Waals surface area (Å²) in [4.78, 5) is 39.6. The van der Waals surface area contributed by atoms with Crippen molar-refractivity contribution in [3.05, 3.63) is 35.2 Å². The van der Waals surface area contributed by atoms with E-state index >= 15 is 0 Å². The Hall–Kier alpha value is -4.54. The predicted octanol–water partition coefficient (Wildman–Crippen LogP) is -3.30. The first-order valence-corrected chi connectivity index (χ1v) is 13.6. The first kappa shape index (κ1) is 32.4. The number of primary amides is 2. The molecule has 4 unspecified atom stereocenters. The van der Waals surface area contributed by atoms with E-state index in [-0.39, 0.29) is 63.9 Å². The smallest absolute Gasteiger partial charge is 0.251 e. The highest BCUT2D eigenvalue weighted by molar-refractivity contribution is 6.09. The number of aliphatic hydroxyl groups excluding tert-OH is 6. The molecule has 6 rings (SSSR count). The van der Waals surface area contributed by atoms with Crippen molar-refractivity contribution in [3.8, 4) is 0 Å². The van der Waals surface area contributed by atoms with Gasteiger partial charge in [-0.3, -0.25) is 9.59 Å². The zero-order valence-corrected chi connectivity index (χ0v) is 24.3. The van der Waals surface area contributed by atoms with E-state index < -0.39 is 74.1 Å². The van der Waals surface area contributed by atoms with Crippen LogP contribution in [0.1, 0.15) is 54.9 Å². The highest BCUT2D eigenvalue weighted by atomic mass is 16.6. The van der Waals surface area contributed by atoms with Crippen LogP contribution in [0.4, 0.5) is 11.6 Å². The van der Waals surface area contributed by atoms with E-state index in [1.165, 1.54) is 12.4 Å². The van der Waals surface area contributed by atoms with Crippen LogP contribution in [-0.4, -0.2) is 121 Å². The van der Waals surface area contributed by atoms with E-state index in [0.29, 0.717) is 0 Å². The van der Waals surface area contributed by atoms with Crippen molar-refractivity contribution in [1.29, 1.82) is 0 Å². The summed E-state index contributed by atoms with van der Waals surface area (Å²) in [6.07, 6.45) is -10.9. The molecule has 0 aromatic carbocycles. The minimum atomic E-state index is -2.23. The van der Waals surface area contributed by atoms with Crippen molar-refractivity contribution in [2.75, 3.05) is 24.7 Å². The largest absolute Gasteiger partial charge is 0.394 e. The van der Waals surface area contributed by atoms with Crippen molar-refractivity contribution in [1.82, 2.24) is 29.1 Å². The van der Waals surface area contributed by atoms with Gasteiger partial charge in [0, 0.05) is 12.4 Å². The van der Waals surface area contributed by atoms with Crippen molar-refractivity contribution in [2.24, 2.45) is 11.5 Å². The molecule has 4 aromatic heterocycles. The highest BCUT2D eigenvalue weighted by Crippen LogP contribution is 2.36. The van der Waals surface area contributed by atoms with E-state index in [9.17, 15) is 40.2 Å². The fourth-order valence-corrected chi connectivity index (χ4v) is 5.22. The number of aromatic nitrogens is 6. The number of rotatable bonds is 6. The van der Waals surface area contributed by atoms with Crippen molar-refractivity contribution < 1.29 is 52.4 Å². The summed E-state index contributed by atoms with van der Waals surface area (Å²) in [6.45, 7) is 1.92. The molecule has 2 amide bonds. The number of carbonyl (C=O) groups is 2. The van der Waals surface area contributed by atoms with Crippen LogP contribution < -0.4 is 22.9 Å². The number of amides is 2. The molecule has 20 heteroatoms. The molecule has 20 nitrogen and oxygen atoms in total. The lowest BCUT2D eigenvalue weighted by molar-refractivity contribution is -0.0509. The lowest BCUT2D eigenvalue weighted by Crippen LogP contribution is -2.33. The quantitative estimate of drug-likeness (QED) is 0.0964. The SMILES string of the molecule is C.[2H]C1(n2cc(C(N)=O)c3c(N)nc(C)nc32)OC(CO)C(O)C1O.[2H][C@@]1(n2cc(C(N)=O)c3c(N)nc(C)nc32)O[C@H](CO)[C@@H](O)[C@H]1O. The van der Waals surface area contributed by atoms with Crippen LogP contribution >= 0.6 is 0 Å². The molecule has 4 aromatic rings. The van der Waals surface area contributed by atoms with Crippen molar-refractivity contribution >= 4 is 45.5 Å². The van der Waals surface area contributed by atoms with Crippen LogP contribution in [0.5, 0.6) is 0 Å². The first-order chi connectivity index (χ1) is 22.4. The number of fused-ring (bicyclic) bond motifs is 2. The zero-order chi connectivity index (χ0) is 35.6. The Morgan fingerprint density at radius 1 is 0.745 bits per heavy atom. The van der Waals surface area contributed by atoms with Crippen LogP contribution in [-0.2, 0) is 9.47 Å². The van der Waals surface area contributed by atoms with Gasteiger partial charge in [-0.05, 0) is 13.8 Å². The predicted molar refractivity (Wildman–Crippen MR) is 163 cm³/mol. The third-order valence-corrected chi connectivity index (χ3v) is 7.40. The van der Waals surface area contributed by atoms with E-state index in [2.05, 4.69) is 19.9 Å². The van der Waals surface area contributed by atoms with Gasteiger partial charge in [-0.2, -0.15) is 0 Å². The summed E-state index contributed by atoms with van der Waals surface area (Å²) in [6, 6.07) is 0. The number of nitrogen functional groups attached to an aromatic ring is 2. The summed E-state index contributed by atoms with van der Waals surface area (Å²) >= 11 is 0. The van der Waals surface area contributed by atoms with Gasteiger partial charge in [0.25, 0.3) is 11.8 Å². The number of nitrogens with zero attached hydrogens (tertiary/aromatic N) is 6. The molecule has 0 bridgehead atoms. The summed E-state index contributed by atoms with van der Waals surface area (Å²) in [5.74, 6) is -1.14. The molecule has 8 atom stereocenters. The molecule has 0 radical (unpaired) electrons. The number of anilines is 2. The third kappa shape index (κ3) is 6.03. The molecular weight excluding hydrogens is 624 g/mol. The monoisotopic (exact) mass is 664 g/mol. The second kappa shape index (κ2) is 13.3. The van der Waals surface area contributed by atoms with Gasteiger partial charge in [0.15, 0.2) is 12.4 Å². The Morgan fingerprint density at radius 2 is 1.09 bits per heavy atom. The number of ether oxygens (including phenoxy) is 2. The number of aliphatic hydroxyl groups is 6. The molecular formula is C27H38N10O10. The van der Waals surface area contributed by atoms with E-state index in [4.69, 9.17) is 35.1 Å². The Balaban J connectivity index is 0.000000216. The van der Waals surface area contributed by atoms with Gasteiger partial charge < -0.3 is 72.2 Å². The zero-order valence-electron chi connectivity index (χ0n) is 26.3. The van der Waals surface area contributed by atoms with Gasteiger partial charge in [-0.25, -0.2) is 19.9 Å². The van der Waals surface area contributed by atoms with Crippen LogP contribution in [0, 0.1) is 13.8 Å². The maximum Gasteiger partial charge on any atom is 0.251 e. The van der Waals surface area contributed by atoms with Crippen LogP contribution in [0.3, 0.4) is 0 Å². The minimum Gasteiger partial charge on any atom is -0.394 e. The fourth-order valence-electron chi connectivity index (χ4n) is 5.22. The van der Waals surface area contributed by atoms with Gasteiger partial charge >= 0.3 is 0 Å². The van der Waals surface area contributed by atoms with Gasteiger partial charge in [-0.15, -0.1) is 0 Å². The average Bonchev–Trinajstić information content (AvgIpc) is 3.72. The van der Waals surface area contributed by atoms with Gasteiger partial charge in [-0.1, -0.05) is 7.43 Å². The lowest BCUT2D eigenvalue weighted by atomic mass is 10.1. The number of carbonyl (C=O) groups excluding carboxylic acids is 2. The van der Waals surface area contributed by atoms with Crippen LogP contribution in [0.15, 0.2) is 12.4 Å². The third-order valence-electron chi connectivity index (χ3n) is 7.40. The number of nitrogens with two attached hydrogens (primary N) is 4. The van der Waals surface area contributed by atoms with Crippen molar-refractivity contribution in [2.45, 2.75) is 70.3 Å².